The molecular formula is C15H18N4OS. The van der Waals surface area contributed by atoms with Crippen LogP contribution in [0.4, 0.5) is 0 Å². The fraction of sp³-hybridized carbons (Fsp3) is 0.400. The standard InChI is InChI=1S/C15H18N4OS/c1-10-7-13(20)19-6-5-18(14(19)16-10)8-12-17-11(9-21-12)15(2,3)4/h5-7,9H,8H2,1-4H3. The summed E-state index contributed by atoms with van der Waals surface area (Å²) in [5.74, 6) is 0.660. The van der Waals surface area contributed by atoms with Crippen LogP contribution in [0.25, 0.3) is 5.78 Å². The summed E-state index contributed by atoms with van der Waals surface area (Å²) in [5.41, 5.74) is 1.83. The third kappa shape index (κ3) is 2.63. The van der Waals surface area contributed by atoms with Gasteiger partial charge in [0.05, 0.1) is 12.2 Å². The molecule has 0 unspecified atom stereocenters. The van der Waals surface area contributed by atoms with Gasteiger partial charge >= 0.3 is 0 Å². The van der Waals surface area contributed by atoms with Crippen LogP contribution >= 0.6 is 11.3 Å². The molecule has 0 fully saturated rings. The van der Waals surface area contributed by atoms with Gasteiger partial charge in [0.25, 0.3) is 5.56 Å². The van der Waals surface area contributed by atoms with Gasteiger partial charge in [-0.3, -0.25) is 9.20 Å². The summed E-state index contributed by atoms with van der Waals surface area (Å²) in [6.07, 6.45) is 3.63. The first kappa shape index (κ1) is 14.0. The molecule has 0 aliphatic carbocycles. The molecule has 0 N–H and O–H groups in total. The number of hydrogen-bond acceptors (Lipinski definition) is 4. The lowest BCUT2D eigenvalue weighted by atomic mass is 9.93. The molecule has 110 valence electrons. The molecule has 0 aromatic carbocycles. The first-order valence-electron chi connectivity index (χ1n) is 6.84. The maximum atomic E-state index is 11.9. The van der Waals surface area contributed by atoms with E-state index in [0.717, 1.165) is 16.4 Å². The molecule has 0 atom stereocenters. The average molecular weight is 302 g/mol. The lowest BCUT2D eigenvalue weighted by molar-refractivity contribution is 0.570. The minimum absolute atomic E-state index is 0.0502. The van der Waals surface area contributed by atoms with Crippen LogP contribution in [0.2, 0.25) is 0 Å². The number of fused-ring (bicyclic) bond motifs is 1. The highest BCUT2D eigenvalue weighted by Gasteiger charge is 2.17. The first-order chi connectivity index (χ1) is 9.84. The smallest absolute Gasteiger partial charge is 0.259 e. The molecule has 0 aliphatic rings. The predicted octanol–water partition coefficient (Wildman–Crippen LogP) is 2.61. The number of nitrogens with zero attached hydrogens (tertiary/aromatic N) is 4. The Morgan fingerprint density at radius 3 is 2.67 bits per heavy atom. The molecule has 0 radical (unpaired) electrons. The van der Waals surface area contributed by atoms with E-state index in [9.17, 15) is 4.79 Å². The maximum absolute atomic E-state index is 11.9. The topological polar surface area (TPSA) is 52.2 Å². The average Bonchev–Trinajstić information content (AvgIpc) is 2.97. The Hall–Kier alpha value is -1.95. The van der Waals surface area contributed by atoms with E-state index in [1.807, 2.05) is 17.7 Å². The van der Waals surface area contributed by atoms with Crippen molar-refractivity contribution in [1.29, 1.82) is 0 Å². The number of aryl methyl sites for hydroxylation is 1. The van der Waals surface area contributed by atoms with Crippen LogP contribution in [0, 0.1) is 6.92 Å². The fourth-order valence-electron chi connectivity index (χ4n) is 2.14. The molecule has 0 bridgehead atoms. The zero-order valence-corrected chi connectivity index (χ0v) is 13.4. The van der Waals surface area contributed by atoms with Gasteiger partial charge in [0.1, 0.15) is 5.01 Å². The lowest BCUT2D eigenvalue weighted by Gasteiger charge is -2.14. The predicted molar refractivity (Wildman–Crippen MR) is 84.1 cm³/mol. The van der Waals surface area contributed by atoms with Crippen molar-refractivity contribution < 1.29 is 0 Å². The summed E-state index contributed by atoms with van der Waals surface area (Å²) in [6, 6.07) is 1.54. The van der Waals surface area contributed by atoms with Gasteiger partial charge < -0.3 is 4.57 Å². The highest BCUT2D eigenvalue weighted by Crippen LogP contribution is 2.24. The Morgan fingerprint density at radius 2 is 2.00 bits per heavy atom. The van der Waals surface area contributed by atoms with E-state index in [0.29, 0.717) is 12.3 Å². The van der Waals surface area contributed by atoms with E-state index >= 15 is 0 Å². The molecule has 0 aliphatic heterocycles. The molecule has 0 saturated carbocycles. The van der Waals surface area contributed by atoms with Crippen LogP contribution in [0.5, 0.6) is 0 Å². The van der Waals surface area contributed by atoms with E-state index in [4.69, 9.17) is 4.98 Å². The highest BCUT2D eigenvalue weighted by atomic mass is 32.1. The Kier molecular flexibility index (Phi) is 3.20. The van der Waals surface area contributed by atoms with Crippen molar-refractivity contribution in [2.24, 2.45) is 0 Å². The van der Waals surface area contributed by atoms with Crippen molar-refractivity contribution in [1.82, 2.24) is 18.9 Å². The van der Waals surface area contributed by atoms with Crippen LogP contribution in [-0.2, 0) is 12.0 Å². The molecule has 21 heavy (non-hydrogen) atoms. The summed E-state index contributed by atoms with van der Waals surface area (Å²) < 4.78 is 3.52. The molecule has 3 aromatic heterocycles. The van der Waals surface area contributed by atoms with Crippen LogP contribution < -0.4 is 5.56 Å². The van der Waals surface area contributed by atoms with Gasteiger partial charge in [-0.2, -0.15) is 0 Å². The Morgan fingerprint density at radius 1 is 1.24 bits per heavy atom. The molecule has 0 saturated heterocycles. The van der Waals surface area contributed by atoms with Crippen molar-refractivity contribution >= 4 is 17.1 Å². The fourth-order valence-corrected chi connectivity index (χ4v) is 3.16. The number of aromatic nitrogens is 4. The molecular weight excluding hydrogens is 284 g/mol. The SMILES string of the molecule is Cc1cc(=O)n2ccn(Cc3nc(C(C)(C)C)cs3)c2n1. The normalized spacial score (nSPS) is 12.2. The lowest BCUT2D eigenvalue weighted by Crippen LogP contribution is -2.14. The zero-order chi connectivity index (χ0) is 15.2. The third-order valence-electron chi connectivity index (χ3n) is 3.34. The summed E-state index contributed by atoms with van der Waals surface area (Å²) in [6.45, 7) is 8.93. The van der Waals surface area contributed by atoms with E-state index in [1.165, 1.54) is 0 Å². The van der Waals surface area contributed by atoms with E-state index < -0.39 is 0 Å². The molecule has 0 spiro atoms. The molecule has 0 amide bonds. The Balaban J connectivity index is 1.99. The van der Waals surface area contributed by atoms with E-state index in [2.05, 4.69) is 31.1 Å². The second-order valence-corrected chi connectivity index (χ2v) is 7.15. The van der Waals surface area contributed by atoms with Crippen LogP contribution in [0.1, 0.15) is 37.2 Å². The summed E-state index contributed by atoms with van der Waals surface area (Å²) in [4.78, 5) is 21.0. The number of hydrogen-bond donors (Lipinski definition) is 0. The largest absolute Gasteiger partial charge is 0.310 e. The maximum Gasteiger partial charge on any atom is 0.259 e. The zero-order valence-electron chi connectivity index (χ0n) is 12.6. The second kappa shape index (κ2) is 4.80. The van der Waals surface area contributed by atoms with Gasteiger partial charge in [-0.05, 0) is 6.92 Å². The Labute approximate surface area is 126 Å². The van der Waals surface area contributed by atoms with Crippen LogP contribution in [0.15, 0.2) is 28.6 Å². The Bertz CT molecular complexity index is 851. The van der Waals surface area contributed by atoms with Crippen molar-refractivity contribution in [3.05, 3.63) is 50.6 Å². The first-order valence-corrected chi connectivity index (χ1v) is 7.72. The van der Waals surface area contributed by atoms with Gasteiger partial charge in [0, 0.05) is 34.9 Å². The number of rotatable bonds is 2. The highest BCUT2D eigenvalue weighted by molar-refractivity contribution is 7.09. The van der Waals surface area contributed by atoms with Crippen molar-refractivity contribution in [3.63, 3.8) is 0 Å². The second-order valence-electron chi connectivity index (χ2n) is 6.21. The molecule has 3 heterocycles. The summed E-state index contributed by atoms with van der Waals surface area (Å²) >= 11 is 1.64. The van der Waals surface area contributed by atoms with E-state index in [1.54, 1.807) is 28.0 Å². The minimum atomic E-state index is -0.0502. The molecule has 6 heteroatoms. The van der Waals surface area contributed by atoms with Gasteiger partial charge in [-0.25, -0.2) is 9.97 Å². The van der Waals surface area contributed by atoms with Crippen LogP contribution in [-0.4, -0.2) is 18.9 Å². The van der Waals surface area contributed by atoms with E-state index in [-0.39, 0.29) is 11.0 Å². The minimum Gasteiger partial charge on any atom is -0.310 e. The van der Waals surface area contributed by atoms with Gasteiger partial charge in [0.2, 0.25) is 5.78 Å². The number of imidazole rings is 1. The summed E-state index contributed by atoms with van der Waals surface area (Å²) in [5, 5.41) is 3.13. The van der Waals surface area contributed by atoms with Gasteiger partial charge in [-0.15, -0.1) is 11.3 Å². The number of thiazole rings is 1. The van der Waals surface area contributed by atoms with Crippen LogP contribution in [0.3, 0.4) is 0 Å². The van der Waals surface area contributed by atoms with Crippen molar-refractivity contribution in [3.8, 4) is 0 Å². The quantitative estimate of drug-likeness (QED) is 0.731. The monoisotopic (exact) mass is 302 g/mol. The van der Waals surface area contributed by atoms with Crippen molar-refractivity contribution in [2.75, 3.05) is 0 Å². The van der Waals surface area contributed by atoms with Crippen molar-refractivity contribution in [2.45, 2.75) is 39.7 Å². The van der Waals surface area contributed by atoms with Gasteiger partial charge in [0.15, 0.2) is 0 Å². The molecule has 3 aromatic rings. The van der Waals surface area contributed by atoms with Gasteiger partial charge in [-0.1, -0.05) is 20.8 Å². The molecule has 5 nitrogen and oxygen atoms in total. The third-order valence-corrected chi connectivity index (χ3v) is 4.17. The molecule has 3 rings (SSSR count). The summed E-state index contributed by atoms with van der Waals surface area (Å²) in [7, 11) is 0.